The van der Waals surface area contributed by atoms with E-state index in [1.807, 2.05) is 5.32 Å². The number of benzene rings is 1. The Kier molecular flexibility index (Phi) is 3.03. The molecule has 0 aromatic heterocycles. The first kappa shape index (κ1) is 10.5. The Morgan fingerprint density at radius 2 is 2.00 bits per heavy atom. The molecule has 1 amide bonds. The molecule has 0 aliphatic carbocycles. The molecule has 4 nitrogen and oxygen atoms in total. The number of carbonyl (C=O) groups excluding carboxylic acids is 1. The van der Waals surface area contributed by atoms with Crippen LogP contribution in [0.1, 0.15) is 0 Å². The maximum absolute atomic E-state index is 12.7. The molecule has 0 aliphatic rings. The van der Waals surface area contributed by atoms with Gasteiger partial charge in [-0.15, -0.1) is 0 Å². The predicted molar refractivity (Wildman–Crippen MR) is 47.7 cm³/mol. The highest BCUT2D eigenvalue weighted by atomic mass is 35.5. The van der Waals surface area contributed by atoms with Gasteiger partial charge in [-0.05, 0) is 18.2 Å². The lowest BCUT2D eigenvalue weighted by Gasteiger charge is -2.02. The van der Waals surface area contributed by atoms with Gasteiger partial charge in [-0.1, -0.05) is 11.6 Å². The van der Waals surface area contributed by atoms with Crippen LogP contribution in [0.15, 0.2) is 18.2 Å². The Labute approximate surface area is 83.3 Å². The Hall–Kier alpha value is -1.62. The van der Waals surface area contributed by atoms with Crippen molar-refractivity contribution in [2.24, 2.45) is 0 Å². The molecule has 14 heavy (non-hydrogen) atoms. The van der Waals surface area contributed by atoms with E-state index < -0.39 is 17.7 Å². The van der Waals surface area contributed by atoms with Gasteiger partial charge < -0.3 is 10.4 Å². The SMILES string of the molecule is O=C(O)C(=O)Nc1cc(F)cc(Cl)c1. The number of carbonyl (C=O) groups is 2. The van der Waals surface area contributed by atoms with Crippen LogP contribution in [-0.2, 0) is 9.59 Å². The molecule has 1 rings (SSSR count). The normalized spacial score (nSPS) is 9.57. The van der Waals surface area contributed by atoms with Crippen LogP contribution in [0.3, 0.4) is 0 Å². The first-order valence-electron chi connectivity index (χ1n) is 3.49. The third-order valence-electron chi connectivity index (χ3n) is 1.31. The fourth-order valence-corrected chi connectivity index (χ4v) is 1.03. The number of amides is 1. The summed E-state index contributed by atoms with van der Waals surface area (Å²) in [6, 6.07) is 3.25. The number of carboxylic acids is 1. The van der Waals surface area contributed by atoms with Gasteiger partial charge in [-0.25, -0.2) is 9.18 Å². The molecular formula is C8H5ClFNO3. The van der Waals surface area contributed by atoms with Crippen LogP contribution < -0.4 is 5.32 Å². The van der Waals surface area contributed by atoms with E-state index >= 15 is 0 Å². The van der Waals surface area contributed by atoms with E-state index in [9.17, 15) is 14.0 Å². The molecule has 0 unspecified atom stereocenters. The minimum atomic E-state index is -1.65. The Bertz CT molecular complexity index is 374. The van der Waals surface area contributed by atoms with Gasteiger partial charge in [-0.2, -0.15) is 0 Å². The van der Waals surface area contributed by atoms with Gasteiger partial charge in [0.15, 0.2) is 0 Å². The molecule has 0 fully saturated rings. The first-order valence-corrected chi connectivity index (χ1v) is 3.87. The highest BCUT2D eigenvalue weighted by molar-refractivity contribution is 6.36. The zero-order valence-corrected chi connectivity index (χ0v) is 7.51. The second kappa shape index (κ2) is 4.06. The molecule has 1 aromatic carbocycles. The molecule has 0 bridgehead atoms. The fraction of sp³-hybridized carbons (Fsp3) is 0. The molecule has 2 N–H and O–H groups in total. The summed E-state index contributed by atoms with van der Waals surface area (Å²) in [5.74, 6) is -3.55. The van der Waals surface area contributed by atoms with Crippen LogP contribution in [0.4, 0.5) is 10.1 Å². The summed E-state index contributed by atoms with van der Waals surface area (Å²) < 4.78 is 12.7. The van der Waals surface area contributed by atoms with Gasteiger partial charge in [0, 0.05) is 10.7 Å². The minimum absolute atomic E-state index is 0.00222. The van der Waals surface area contributed by atoms with Crippen molar-refractivity contribution in [3.63, 3.8) is 0 Å². The molecule has 0 spiro atoms. The Morgan fingerprint density at radius 3 is 2.50 bits per heavy atom. The average molecular weight is 218 g/mol. The van der Waals surface area contributed by atoms with Gasteiger partial charge in [0.25, 0.3) is 0 Å². The summed E-state index contributed by atoms with van der Waals surface area (Å²) in [4.78, 5) is 20.8. The van der Waals surface area contributed by atoms with E-state index in [-0.39, 0.29) is 10.7 Å². The van der Waals surface area contributed by atoms with Crippen LogP contribution in [0.2, 0.25) is 5.02 Å². The molecule has 6 heteroatoms. The number of rotatable bonds is 1. The molecule has 1 aromatic rings. The summed E-state index contributed by atoms with van der Waals surface area (Å²) in [6.07, 6.45) is 0. The summed E-state index contributed by atoms with van der Waals surface area (Å²) in [5.41, 5.74) is 0.00222. The molecular weight excluding hydrogens is 213 g/mol. The topological polar surface area (TPSA) is 66.4 Å². The number of hydrogen-bond acceptors (Lipinski definition) is 2. The monoisotopic (exact) mass is 217 g/mol. The van der Waals surface area contributed by atoms with Crippen LogP contribution >= 0.6 is 11.6 Å². The second-order valence-corrected chi connectivity index (χ2v) is 2.85. The number of anilines is 1. The van der Waals surface area contributed by atoms with Crippen molar-refractivity contribution in [3.05, 3.63) is 29.0 Å². The number of carboxylic acid groups (broad SMARTS) is 1. The summed E-state index contributed by atoms with van der Waals surface area (Å²) >= 11 is 5.47. The fourth-order valence-electron chi connectivity index (χ4n) is 0.811. The largest absolute Gasteiger partial charge is 0.474 e. The van der Waals surface area contributed by atoms with Crippen molar-refractivity contribution in [2.75, 3.05) is 5.32 Å². The van der Waals surface area contributed by atoms with E-state index in [0.717, 1.165) is 12.1 Å². The lowest BCUT2D eigenvalue weighted by Crippen LogP contribution is -2.21. The number of halogens is 2. The van der Waals surface area contributed by atoms with Gasteiger partial charge in [0.05, 0.1) is 0 Å². The van der Waals surface area contributed by atoms with Crippen LogP contribution in [0.25, 0.3) is 0 Å². The van der Waals surface area contributed by atoms with Crippen molar-refractivity contribution in [1.82, 2.24) is 0 Å². The van der Waals surface area contributed by atoms with Gasteiger partial charge in [-0.3, -0.25) is 4.79 Å². The Balaban J connectivity index is 2.87. The standard InChI is InChI=1S/C8H5ClFNO3/c9-4-1-5(10)3-6(2-4)11-7(12)8(13)14/h1-3H,(H,11,12)(H,13,14). The van der Waals surface area contributed by atoms with Gasteiger partial charge in [0.1, 0.15) is 5.82 Å². The summed E-state index contributed by atoms with van der Waals surface area (Å²) in [5, 5.41) is 10.3. The molecule has 0 aliphatic heterocycles. The molecule has 0 heterocycles. The van der Waals surface area contributed by atoms with Crippen molar-refractivity contribution >= 4 is 29.2 Å². The number of nitrogens with one attached hydrogen (secondary N) is 1. The highest BCUT2D eigenvalue weighted by Gasteiger charge is 2.11. The van der Waals surface area contributed by atoms with E-state index in [2.05, 4.69) is 0 Å². The quantitative estimate of drug-likeness (QED) is 0.701. The number of aliphatic carboxylic acids is 1. The van der Waals surface area contributed by atoms with Crippen molar-refractivity contribution in [1.29, 1.82) is 0 Å². The summed E-state index contributed by atoms with van der Waals surface area (Å²) in [7, 11) is 0. The highest BCUT2D eigenvalue weighted by Crippen LogP contribution is 2.17. The second-order valence-electron chi connectivity index (χ2n) is 2.42. The van der Waals surface area contributed by atoms with Crippen LogP contribution in [-0.4, -0.2) is 17.0 Å². The molecule has 0 radical (unpaired) electrons. The van der Waals surface area contributed by atoms with E-state index in [1.165, 1.54) is 6.07 Å². The van der Waals surface area contributed by atoms with Crippen molar-refractivity contribution < 1.29 is 19.1 Å². The first-order chi connectivity index (χ1) is 6.49. The third-order valence-corrected chi connectivity index (χ3v) is 1.53. The zero-order valence-electron chi connectivity index (χ0n) is 6.75. The maximum Gasteiger partial charge on any atom is 0.394 e. The molecule has 74 valence electrons. The molecule has 0 saturated heterocycles. The molecule has 0 saturated carbocycles. The van der Waals surface area contributed by atoms with E-state index in [0.29, 0.717) is 0 Å². The zero-order chi connectivity index (χ0) is 10.7. The smallest absolute Gasteiger partial charge is 0.394 e. The van der Waals surface area contributed by atoms with Gasteiger partial charge in [0.2, 0.25) is 0 Å². The van der Waals surface area contributed by atoms with Gasteiger partial charge >= 0.3 is 11.9 Å². The molecule has 0 atom stereocenters. The lowest BCUT2D eigenvalue weighted by atomic mass is 10.3. The van der Waals surface area contributed by atoms with Crippen molar-refractivity contribution in [3.8, 4) is 0 Å². The third kappa shape index (κ3) is 2.70. The van der Waals surface area contributed by atoms with E-state index in [1.54, 1.807) is 0 Å². The van der Waals surface area contributed by atoms with E-state index in [4.69, 9.17) is 16.7 Å². The predicted octanol–water partition coefficient (Wildman–Crippen LogP) is 1.50. The minimum Gasteiger partial charge on any atom is -0.474 e. The number of hydrogen-bond donors (Lipinski definition) is 2. The van der Waals surface area contributed by atoms with Crippen LogP contribution in [0.5, 0.6) is 0 Å². The van der Waals surface area contributed by atoms with Crippen LogP contribution in [0, 0.1) is 5.82 Å². The summed E-state index contributed by atoms with van der Waals surface area (Å²) in [6.45, 7) is 0. The maximum atomic E-state index is 12.7. The lowest BCUT2D eigenvalue weighted by molar-refractivity contribution is -0.147. The van der Waals surface area contributed by atoms with Crippen molar-refractivity contribution in [2.45, 2.75) is 0 Å². The Morgan fingerprint density at radius 1 is 1.36 bits per heavy atom. The average Bonchev–Trinajstić information content (AvgIpc) is 2.01.